The van der Waals surface area contributed by atoms with Crippen molar-refractivity contribution in [1.82, 2.24) is 14.9 Å². The van der Waals surface area contributed by atoms with Gasteiger partial charge < -0.3 is 10.1 Å². The van der Waals surface area contributed by atoms with Gasteiger partial charge in [0.1, 0.15) is 11.6 Å². The second-order valence-corrected chi connectivity index (χ2v) is 6.07. The maximum absolute atomic E-state index is 13.2. The number of fused-ring (bicyclic) bond motifs is 1. The zero-order valence-corrected chi connectivity index (χ0v) is 15.5. The van der Waals surface area contributed by atoms with Crippen molar-refractivity contribution >= 4 is 10.9 Å². The molecule has 5 heteroatoms. The van der Waals surface area contributed by atoms with Crippen LogP contribution >= 0.6 is 0 Å². The molecule has 0 saturated heterocycles. The number of nitrogens with zero attached hydrogens (tertiary/aromatic N) is 2. The lowest BCUT2D eigenvalue weighted by Gasteiger charge is -2.21. The fraction of sp³-hybridized carbons (Fsp3) is 0.333. The third kappa shape index (κ3) is 3.48. The van der Waals surface area contributed by atoms with Crippen molar-refractivity contribution in [3.05, 3.63) is 64.7 Å². The molecule has 1 atom stereocenters. The van der Waals surface area contributed by atoms with Crippen molar-refractivity contribution in [2.45, 2.75) is 33.2 Å². The number of ether oxygens (including phenoxy) is 1. The summed E-state index contributed by atoms with van der Waals surface area (Å²) in [7, 11) is 0. The van der Waals surface area contributed by atoms with Crippen LogP contribution in [0.15, 0.2) is 53.3 Å². The van der Waals surface area contributed by atoms with E-state index in [0.717, 1.165) is 35.7 Å². The maximum Gasteiger partial charge on any atom is 0.266 e. The summed E-state index contributed by atoms with van der Waals surface area (Å²) in [4.78, 5) is 18.1. The minimum Gasteiger partial charge on any atom is -0.494 e. The summed E-state index contributed by atoms with van der Waals surface area (Å²) in [5.74, 6) is 1.53. The molecule has 0 saturated carbocycles. The van der Waals surface area contributed by atoms with Crippen LogP contribution in [-0.4, -0.2) is 22.7 Å². The zero-order chi connectivity index (χ0) is 18.5. The van der Waals surface area contributed by atoms with Crippen LogP contribution in [0.3, 0.4) is 0 Å². The summed E-state index contributed by atoms with van der Waals surface area (Å²) in [5, 5.41) is 4.06. The number of hydrogen-bond donors (Lipinski definition) is 1. The Labute approximate surface area is 153 Å². The first kappa shape index (κ1) is 18.1. The van der Waals surface area contributed by atoms with E-state index >= 15 is 0 Å². The number of nitrogens with one attached hydrogen (secondary N) is 1. The maximum atomic E-state index is 13.2. The van der Waals surface area contributed by atoms with Gasteiger partial charge in [-0.05, 0) is 56.3 Å². The molecule has 136 valence electrons. The van der Waals surface area contributed by atoms with Gasteiger partial charge in [0.15, 0.2) is 0 Å². The SMILES string of the molecule is CCN[C@H](CC)c1nc2ccccc2c(=O)n1-c1ccc(OCC)cc1. The Morgan fingerprint density at radius 2 is 1.81 bits per heavy atom. The molecule has 0 fully saturated rings. The fourth-order valence-electron chi connectivity index (χ4n) is 3.16. The first-order valence-electron chi connectivity index (χ1n) is 9.17. The Hall–Kier alpha value is -2.66. The molecule has 0 amide bonds. The van der Waals surface area contributed by atoms with Gasteiger partial charge in [-0.2, -0.15) is 0 Å². The van der Waals surface area contributed by atoms with E-state index < -0.39 is 0 Å². The normalized spacial score (nSPS) is 12.3. The molecule has 0 spiro atoms. The molecular formula is C21H25N3O2. The summed E-state index contributed by atoms with van der Waals surface area (Å²) < 4.78 is 7.24. The van der Waals surface area contributed by atoms with E-state index in [1.165, 1.54) is 0 Å². The number of rotatable bonds is 7. The van der Waals surface area contributed by atoms with Gasteiger partial charge in [-0.25, -0.2) is 4.98 Å². The van der Waals surface area contributed by atoms with Gasteiger partial charge in [0, 0.05) is 0 Å². The lowest BCUT2D eigenvalue weighted by molar-refractivity contribution is 0.340. The van der Waals surface area contributed by atoms with Gasteiger partial charge in [0.25, 0.3) is 5.56 Å². The minimum absolute atomic E-state index is 0.00359. The average Bonchev–Trinajstić information content (AvgIpc) is 2.67. The Balaban J connectivity index is 2.23. The molecule has 0 unspecified atom stereocenters. The fourth-order valence-corrected chi connectivity index (χ4v) is 3.16. The number of hydrogen-bond acceptors (Lipinski definition) is 4. The molecule has 0 aliphatic heterocycles. The highest BCUT2D eigenvalue weighted by Crippen LogP contribution is 2.22. The van der Waals surface area contributed by atoms with Crippen LogP contribution in [0.25, 0.3) is 16.6 Å². The minimum atomic E-state index is -0.0499. The lowest BCUT2D eigenvalue weighted by atomic mass is 10.1. The lowest BCUT2D eigenvalue weighted by Crippen LogP contribution is -2.31. The molecule has 0 bridgehead atoms. The van der Waals surface area contributed by atoms with Crippen molar-refractivity contribution in [1.29, 1.82) is 0 Å². The van der Waals surface area contributed by atoms with E-state index in [2.05, 4.69) is 19.2 Å². The van der Waals surface area contributed by atoms with Crippen LogP contribution in [0.2, 0.25) is 0 Å². The van der Waals surface area contributed by atoms with Crippen molar-refractivity contribution in [2.24, 2.45) is 0 Å². The van der Waals surface area contributed by atoms with Gasteiger partial charge in [0.05, 0.1) is 29.2 Å². The van der Waals surface area contributed by atoms with E-state index in [4.69, 9.17) is 9.72 Å². The van der Waals surface area contributed by atoms with E-state index in [-0.39, 0.29) is 11.6 Å². The summed E-state index contributed by atoms with van der Waals surface area (Å²) >= 11 is 0. The van der Waals surface area contributed by atoms with Gasteiger partial charge >= 0.3 is 0 Å². The second-order valence-electron chi connectivity index (χ2n) is 6.07. The quantitative estimate of drug-likeness (QED) is 0.702. The second kappa shape index (κ2) is 8.15. The van der Waals surface area contributed by atoms with E-state index in [1.807, 2.05) is 55.5 Å². The van der Waals surface area contributed by atoms with Crippen molar-refractivity contribution < 1.29 is 4.74 Å². The van der Waals surface area contributed by atoms with Crippen LogP contribution in [0.4, 0.5) is 0 Å². The molecule has 1 heterocycles. The van der Waals surface area contributed by atoms with Crippen LogP contribution in [0.5, 0.6) is 5.75 Å². The Kier molecular flexibility index (Phi) is 5.68. The number of benzene rings is 2. The van der Waals surface area contributed by atoms with Crippen LogP contribution in [0, 0.1) is 0 Å². The van der Waals surface area contributed by atoms with E-state index in [9.17, 15) is 4.79 Å². The molecule has 1 N–H and O–H groups in total. The van der Waals surface area contributed by atoms with Gasteiger partial charge in [-0.3, -0.25) is 9.36 Å². The molecule has 2 aromatic carbocycles. The highest BCUT2D eigenvalue weighted by molar-refractivity contribution is 5.77. The predicted octanol–water partition coefficient (Wildman–Crippen LogP) is 3.85. The van der Waals surface area contributed by atoms with Gasteiger partial charge in [-0.1, -0.05) is 26.0 Å². The molecule has 3 aromatic rings. The predicted molar refractivity (Wildman–Crippen MR) is 105 cm³/mol. The van der Waals surface area contributed by atoms with Crippen LogP contribution in [-0.2, 0) is 0 Å². The largest absolute Gasteiger partial charge is 0.494 e. The Morgan fingerprint density at radius 3 is 2.46 bits per heavy atom. The molecule has 3 rings (SSSR count). The summed E-state index contributed by atoms with van der Waals surface area (Å²) in [6.07, 6.45) is 0.843. The van der Waals surface area contributed by atoms with E-state index in [0.29, 0.717) is 12.0 Å². The smallest absolute Gasteiger partial charge is 0.266 e. The third-order valence-electron chi connectivity index (χ3n) is 4.38. The molecule has 1 aromatic heterocycles. The van der Waals surface area contributed by atoms with E-state index in [1.54, 1.807) is 4.57 Å². The summed E-state index contributed by atoms with van der Waals surface area (Å²) in [5.41, 5.74) is 1.47. The molecule has 26 heavy (non-hydrogen) atoms. The summed E-state index contributed by atoms with van der Waals surface area (Å²) in [6, 6.07) is 15.1. The Bertz CT molecular complexity index is 932. The number of aromatic nitrogens is 2. The molecule has 0 aliphatic carbocycles. The van der Waals surface area contributed by atoms with Crippen LogP contribution in [0.1, 0.15) is 39.1 Å². The highest BCUT2D eigenvalue weighted by Gasteiger charge is 2.19. The highest BCUT2D eigenvalue weighted by atomic mass is 16.5. The van der Waals surface area contributed by atoms with Crippen LogP contribution < -0.4 is 15.6 Å². The standard InChI is InChI=1S/C21H25N3O2/c1-4-18(22-5-2)20-23-19-10-8-7-9-17(19)21(25)24(20)15-11-13-16(14-12-15)26-6-3/h7-14,18,22H,4-6H2,1-3H3/t18-/m1/s1. The molecule has 0 radical (unpaired) electrons. The van der Waals surface area contributed by atoms with Gasteiger partial charge in [-0.15, -0.1) is 0 Å². The monoisotopic (exact) mass is 351 g/mol. The van der Waals surface area contributed by atoms with Crippen molar-refractivity contribution in [3.63, 3.8) is 0 Å². The molecule has 0 aliphatic rings. The van der Waals surface area contributed by atoms with Crippen molar-refractivity contribution in [2.75, 3.05) is 13.2 Å². The average molecular weight is 351 g/mol. The zero-order valence-electron chi connectivity index (χ0n) is 15.5. The van der Waals surface area contributed by atoms with Crippen molar-refractivity contribution in [3.8, 4) is 11.4 Å². The first-order valence-corrected chi connectivity index (χ1v) is 9.17. The first-order chi connectivity index (χ1) is 12.7. The molecule has 5 nitrogen and oxygen atoms in total. The topological polar surface area (TPSA) is 56.2 Å². The van der Waals surface area contributed by atoms with Gasteiger partial charge in [0.2, 0.25) is 0 Å². The number of para-hydroxylation sites is 1. The molecular weight excluding hydrogens is 326 g/mol. The Morgan fingerprint density at radius 1 is 1.08 bits per heavy atom. The summed E-state index contributed by atoms with van der Waals surface area (Å²) in [6.45, 7) is 7.52. The third-order valence-corrected chi connectivity index (χ3v) is 4.38.